The van der Waals surface area contributed by atoms with Crippen LogP contribution in [-0.4, -0.2) is 13.4 Å². The quantitative estimate of drug-likeness (QED) is 0.706. The van der Waals surface area contributed by atoms with E-state index in [4.69, 9.17) is 4.74 Å². The average Bonchev–Trinajstić information content (AvgIpc) is 2.59. The number of fused-ring (bicyclic) bond motifs is 1. The first-order valence-electron chi connectivity index (χ1n) is 4.28. The topological polar surface area (TPSA) is 26.3 Å². The van der Waals surface area contributed by atoms with Crippen molar-refractivity contribution in [1.82, 2.24) is 0 Å². The number of hydrogen-bond donors (Lipinski definition) is 0. The molecule has 0 saturated heterocycles. The third kappa shape index (κ3) is 1.21. The van der Waals surface area contributed by atoms with Crippen molar-refractivity contribution in [3.8, 4) is 5.75 Å². The lowest BCUT2D eigenvalue weighted by atomic mass is 10.1. The number of ether oxygens (including phenoxy) is 1. The number of carbonyl (C=O) groups is 1. The van der Waals surface area contributed by atoms with Crippen LogP contribution in [0.5, 0.6) is 5.75 Å². The summed E-state index contributed by atoms with van der Waals surface area (Å²) in [6.45, 7) is 2.01. The van der Waals surface area contributed by atoms with E-state index < -0.39 is 0 Å². The fraction of sp³-hybridized carbons (Fsp3) is 0.182. The fourth-order valence-electron chi connectivity index (χ4n) is 1.59. The van der Waals surface area contributed by atoms with Crippen LogP contribution in [0.3, 0.4) is 0 Å². The predicted octanol–water partition coefficient (Wildman–Crippen LogP) is 3.03. The molecule has 0 unspecified atom stereocenters. The molecule has 0 aliphatic rings. The van der Waals surface area contributed by atoms with Crippen LogP contribution in [-0.2, 0) is 0 Å². The average molecular weight is 206 g/mol. The molecule has 1 aromatic heterocycles. The lowest BCUT2D eigenvalue weighted by Crippen LogP contribution is -1.91. The molecule has 0 saturated carbocycles. The van der Waals surface area contributed by atoms with Gasteiger partial charge in [-0.2, -0.15) is 0 Å². The molecule has 3 heteroatoms. The second-order valence-electron chi connectivity index (χ2n) is 3.09. The van der Waals surface area contributed by atoms with Crippen LogP contribution in [0.25, 0.3) is 10.1 Å². The third-order valence-corrected chi connectivity index (χ3v) is 3.33. The molecule has 0 amide bonds. The maximum atomic E-state index is 11.0. The predicted molar refractivity (Wildman–Crippen MR) is 58.5 cm³/mol. The van der Waals surface area contributed by atoms with Gasteiger partial charge in [0.15, 0.2) is 6.29 Å². The third-order valence-electron chi connectivity index (χ3n) is 2.26. The van der Waals surface area contributed by atoms with Gasteiger partial charge in [-0.05, 0) is 30.0 Å². The summed E-state index contributed by atoms with van der Waals surface area (Å²) in [4.78, 5) is 11.0. The van der Waals surface area contributed by atoms with Crippen molar-refractivity contribution in [2.45, 2.75) is 6.92 Å². The van der Waals surface area contributed by atoms with Gasteiger partial charge in [-0.1, -0.05) is 0 Å². The summed E-state index contributed by atoms with van der Waals surface area (Å²) in [5.74, 6) is 0.647. The number of benzene rings is 1. The van der Waals surface area contributed by atoms with Gasteiger partial charge in [0.1, 0.15) is 5.75 Å². The largest absolute Gasteiger partial charge is 0.496 e. The van der Waals surface area contributed by atoms with Gasteiger partial charge in [-0.25, -0.2) is 0 Å². The van der Waals surface area contributed by atoms with Crippen LogP contribution in [0.1, 0.15) is 15.9 Å². The highest BCUT2D eigenvalue weighted by molar-refractivity contribution is 7.17. The molecule has 0 bridgehead atoms. The molecule has 0 aliphatic carbocycles. The van der Waals surface area contributed by atoms with Gasteiger partial charge in [-0.15, -0.1) is 11.3 Å². The van der Waals surface area contributed by atoms with E-state index in [0.29, 0.717) is 11.3 Å². The van der Waals surface area contributed by atoms with Crippen molar-refractivity contribution in [2.24, 2.45) is 0 Å². The minimum Gasteiger partial charge on any atom is -0.496 e. The maximum Gasteiger partial charge on any atom is 0.154 e. The van der Waals surface area contributed by atoms with Gasteiger partial charge in [0.25, 0.3) is 0 Å². The fourth-order valence-corrected chi connectivity index (χ4v) is 2.55. The zero-order chi connectivity index (χ0) is 10.1. The molecule has 0 spiro atoms. The standard InChI is InChI=1S/C11H10O2S/c1-7-6-14-10-4-3-9(13-2)8(5-12)11(7)10/h3-6H,1-2H3. The number of rotatable bonds is 2. The van der Waals surface area contributed by atoms with Crippen molar-refractivity contribution in [2.75, 3.05) is 7.11 Å². The van der Waals surface area contributed by atoms with E-state index in [1.807, 2.05) is 19.1 Å². The summed E-state index contributed by atoms with van der Waals surface area (Å²) >= 11 is 1.65. The summed E-state index contributed by atoms with van der Waals surface area (Å²) in [7, 11) is 1.58. The van der Waals surface area contributed by atoms with Crippen molar-refractivity contribution in [1.29, 1.82) is 0 Å². The van der Waals surface area contributed by atoms with Gasteiger partial charge < -0.3 is 4.74 Å². The highest BCUT2D eigenvalue weighted by atomic mass is 32.1. The first-order valence-corrected chi connectivity index (χ1v) is 5.16. The SMILES string of the molecule is COc1ccc2scc(C)c2c1C=O. The molecule has 72 valence electrons. The molecule has 2 aromatic rings. The second-order valence-corrected chi connectivity index (χ2v) is 4.00. The highest BCUT2D eigenvalue weighted by Crippen LogP contribution is 2.32. The van der Waals surface area contributed by atoms with E-state index in [9.17, 15) is 4.79 Å². The Morgan fingerprint density at radius 2 is 2.21 bits per heavy atom. The van der Waals surface area contributed by atoms with Crippen molar-refractivity contribution >= 4 is 27.7 Å². The molecule has 0 N–H and O–H groups in total. The van der Waals surface area contributed by atoms with E-state index in [-0.39, 0.29) is 0 Å². The molecule has 1 aromatic carbocycles. The molecule has 0 fully saturated rings. The van der Waals surface area contributed by atoms with Crippen LogP contribution < -0.4 is 4.74 Å². The van der Waals surface area contributed by atoms with Crippen LogP contribution >= 0.6 is 11.3 Å². The Labute approximate surface area is 86.1 Å². The summed E-state index contributed by atoms with van der Waals surface area (Å²) < 4.78 is 6.27. The molecular formula is C11H10O2S. The zero-order valence-corrected chi connectivity index (χ0v) is 8.85. The minimum atomic E-state index is 0.647. The molecular weight excluding hydrogens is 196 g/mol. The molecule has 0 atom stereocenters. The van der Waals surface area contributed by atoms with Gasteiger partial charge >= 0.3 is 0 Å². The molecule has 14 heavy (non-hydrogen) atoms. The summed E-state index contributed by atoms with van der Waals surface area (Å²) in [5.41, 5.74) is 1.79. The Morgan fingerprint density at radius 3 is 2.86 bits per heavy atom. The number of aldehydes is 1. The summed E-state index contributed by atoms with van der Waals surface area (Å²) in [6, 6.07) is 3.82. The number of carbonyl (C=O) groups excluding carboxylic acids is 1. The molecule has 0 aliphatic heterocycles. The Hall–Kier alpha value is -1.35. The van der Waals surface area contributed by atoms with Crippen molar-refractivity contribution < 1.29 is 9.53 Å². The van der Waals surface area contributed by atoms with E-state index in [1.165, 1.54) is 0 Å². The van der Waals surface area contributed by atoms with Crippen molar-refractivity contribution in [3.63, 3.8) is 0 Å². The Kier molecular flexibility index (Phi) is 2.25. The molecule has 1 heterocycles. The van der Waals surface area contributed by atoms with Crippen LogP contribution in [0.4, 0.5) is 0 Å². The molecule has 0 radical (unpaired) electrons. The van der Waals surface area contributed by atoms with E-state index in [1.54, 1.807) is 18.4 Å². The first kappa shape index (κ1) is 9.21. The smallest absolute Gasteiger partial charge is 0.154 e. The van der Waals surface area contributed by atoms with Crippen LogP contribution in [0.15, 0.2) is 17.5 Å². The van der Waals surface area contributed by atoms with Crippen LogP contribution in [0.2, 0.25) is 0 Å². The lowest BCUT2D eigenvalue weighted by molar-refractivity contribution is 0.112. The molecule has 2 rings (SSSR count). The number of thiophene rings is 1. The van der Waals surface area contributed by atoms with Gasteiger partial charge in [0.2, 0.25) is 0 Å². The number of hydrogen-bond acceptors (Lipinski definition) is 3. The van der Waals surface area contributed by atoms with Gasteiger partial charge in [0.05, 0.1) is 12.7 Å². The Balaban J connectivity index is 2.87. The van der Waals surface area contributed by atoms with Gasteiger partial charge in [-0.3, -0.25) is 4.79 Å². The second kappa shape index (κ2) is 3.42. The number of aryl methyl sites for hydroxylation is 1. The number of methoxy groups -OCH3 is 1. The molecule has 2 nitrogen and oxygen atoms in total. The van der Waals surface area contributed by atoms with E-state index >= 15 is 0 Å². The van der Waals surface area contributed by atoms with E-state index in [0.717, 1.165) is 21.9 Å². The normalized spacial score (nSPS) is 10.4. The first-order chi connectivity index (χ1) is 6.77. The van der Waals surface area contributed by atoms with Gasteiger partial charge in [0, 0.05) is 10.1 Å². The zero-order valence-electron chi connectivity index (χ0n) is 8.03. The Bertz CT molecular complexity index is 485. The summed E-state index contributed by atoms with van der Waals surface area (Å²) in [5, 5.41) is 3.07. The van der Waals surface area contributed by atoms with Crippen molar-refractivity contribution in [3.05, 3.63) is 28.6 Å². The Morgan fingerprint density at radius 1 is 1.43 bits per heavy atom. The highest BCUT2D eigenvalue weighted by Gasteiger charge is 2.10. The van der Waals surface area contributed by atoms with Crippen LogP contribution in [0, 0.1) is 6.92 Å². The summed E-state index contributed by atoms with van der Waals surface area (Å²) in [6.07, 6.45) is 0.862. The monoisotopic (exact) mass is 206 g/mol. The van der Waals surface area contributed by atoms with E-state index in [2.05, 4.69) is 5.38 Å². The lowest BCUT2D eigenvalue weighted by Gasteiger charge is -2.04. The maximum absolute atomic E-state index is 11.0. The minimum absolute atomic E-state index is 0.647.